The number of carbonyl (C=O) groups is 2. The van der Waals surface area contributed by atoms with E-state index in [0.29, 0.717) is 11.4 Å². The van der Waals surface area contributed by atoms with Crippen molar-refractivity contribution in [3.63, 3.8) is 0 Å². The molecule has 0 aromatic heterocycles. The third kappa shape index (κ3) is 7.15. The van der Waals surface area contributed by atoms with E-state index >= 15 is 0 Å². The van der Waals surface area contributed by atoms with Gasteiger partial charge in [-0.15, -0.1) is 0 Å². The Labute approximate surface area is 191 Å². The van der Waals surface area contributed by atoms with Crippen molar-refractivity contribution in [3.8, 4) is 5.75 Å². The highest BCUT2D eigenvalue weighted by Crippen LogP contribution is 2.39. The Morgan fingerprint density at radius 3 is 2.12 bits per heavy atom. The number of amides is 1. The maximum absolute atomic E-state index is 13.1. The standard InChI is InChI=1S/C26H36N2O4/c1-10-13-17(11-2)27-16-18(24(31)32-12-3)23(30)28-21-15-22(29)20(26(7,8)9)14-19(21)25(4,5)6/h10-11,13-16,27,29H,1-2,12H2,3-9H3,(H,28,30)/b17-13+,18-16-. The fourth-order valence-electron chi connectivity index (χ4n) is 2.99. The number of anilines is 1. The monoisotopic (exact) mass is 440 g/mol. The molecule has 1 amide bonds. The molecular formula is C26H36N2O4. The van der Waals surface area contributed by atoms with Gasteiger partial charge in [-0.1, -0.05) is 60.8 Å². The van der Waals surface area contributed by atoms with E-state index in [0.717, 1.165) is 11.1 Å². The van der Waals surface area contributed by atoms with Crippen LogP contribution < -0.4 is 10.6 Å². The number of carbonyl (C=O) groups excluding carboxylic acids is 2. The van der Waals surface area contributed by atoms with Crippen LogP contribution in [-0.2, 0) is 25.2 Å². The van der Waals surface area contributed by atoms with Gasteiger partial charge in [-0.05, 0) is 47.1 Å². The van der Waals surface area contributed by atoms with Gasteiger partial charge < -0.3 is 20.5 Å². The lowest BCUT2D eigenvalue weighted by Crippen LogP contribution is -2.26. The van der Waals surface area contributed by atoms with Crippen molar-refractivity contribution in [1.29, 1.82) is 0 Å². The zero-order valence-electron chi connectivity index (χ0n) is 20.3. The average molecular weight is 441 g/mol. The van der Waals surface area contributed by atoms with Crippen molar-refractivity contribution < 1.29 is 19.4 Å². The summed E-state index contributed by atoms with van der Waals surface area (Å²) in [6.45, 7) is 21.1. The smallest absolute Gasteiger partial charge is 0.345 e. The number of esters is 1. The molecule has 32 heavy (non-hydrogen) atoms. The maximum atomic E-state index is 13.1. The molecule has 0 aliphatic carbocycles. The topological polar surface area (TPSA) is 87.7 Å². The minimum absolute atomic E-state index is 0.0726. The minimum atomic E-state index is -0.771. The Bertz CT molecular complexity index is 942. The Morgan fingerprint density at radius 1 is 1.06 bits per heavy atom. The van der Waals surface area contributed by atoms with Crippen LogP contribution in [0.1, 0.15) is 59.6 Å². The molecule has 0 saturated heterocycles. The summed E-state index contributed by atoms with van der Waals surface area (Å²) in [5.41, 5.74) is 1.75. The molecular weight excluding hydrogens is 404 g/mol. The van der Waals surface area contributed by atoms with E-state index < -0.39 is 11.9 Å². The first-order chi connectivity index (χ1) is 14.8. The summed E-state index contributed by atoms with van der Waals surface area (Å²) < 4.78 is 5.05. The number of phenolic OH excluding ortho intramolecular Hbond substituents is 1. The van der Waals surface area contributed by atoms with E-state index in [1.54, 1.807) is 19.1 Å². The largest absolute Gasteiger partial charge is 0.508 e. The van der Waals surface area contributed by atoms with Gasteiger partial charge in [-0.3, -0.25) is 4.79 Å². The average Bonchev–Trinajstić information content (AvgIpc) is 2.65. The van der Waals surface area contributed by atoms with E-state index in [-0.39, 0.29) is 28.8 Å². The fraction of sp³-hybridized carbons (Fsp3) is 0.385. The Kier molecular flexibility index (Phi) is 9.07. The lowest BCUT2D eigenvalue weighted by molar-refractivity contribution is -0.139. The first-order valence-corrected chi connectivity index (χ1v) is 10.5. The van der Waals surface area contributed by atoms with E-state index in [9.17, 15) is 14.7 Å². The molecule has 6 heteroatoms. The second-order valence-electron chi connectivity index (χ2n) is 9.35. The lowest BCUT2D eigenvalue weighted by Gasteiger charge is -2.28. The number of benzene rings is 1. The number of hydrogen-bond donors (Lipinski definition) is 3. The molecule has 0 radical (unpaired) electrons. The molecule has 0 aliphatic heterocycles. The summed E-state index contributed by atoms with van der Waals surface area (Å²) in [6, 6.07) is 3.43. The zero-order chi connectivity index (χ0) is 24.7. The van der Waals surface area contributed by atoms with Crippen LogP contribution in [-0.4, -0.2) is 23.6 Å². The molecule has 3 N–H and O–H groups in total. The lowest BCUT2D eigenvalue weighted by atomic mass is 9.79. The third-order valence-corrected chi connectivity index (χ3v) is 4.64. The normalized spacial score (nSPS) is 12.7. The van der Waals surface area contributed by atoms with Crippen LogP contribution in [0, 0.1) is 0 Å². The highest BCUT2D eigenvalue weighted by Gasteiger charge is 2.28. The molecule has 0 bridgehead atoms. The number of ether oxygens (including phenoxy) is 1. The van der Waals surface area contributed by atoms with Crippen molar-refractivity contribution >= 4 is 17.6 Å². The first kappa shape index (κ1) is 26.8. The van der Waals surface area contributed by atoms with Gasteiger partial charge in [-0.2, -0.15) is 0 Å². The molecule has 1 aromatic rings. The van der Waals surface area contributed by atoms with Gasteiger partial charge in [0.15, 0.2) is 0 Å². The molecule has 174 valence electrons. The summed E-state index contributed by atoms with van der Waals surface area (Å²) in [5, 5.41) is 16.3. The van der Waals surface area contributed by atoms with E-state index in [2.05, 4.69) is 23.8 Å². The zero-order valence-corrected chi connectivity index (χ0v) is 20.3. The van der Waals surface area contributed by atoms with E-state index in [4.69, 9.17) is 4.74 Å². The number of allylic oxidation sites excluding steroid dienone is 3. The van der Waals surface area contributed by atoms with Gasteiger partial charge >= 0.3 is 5.97 Å². The highest BCUT2D eigenvalue weighted by molar-refractivity contribution is 6.21. The summed E-state index contributed by atoms with van der Waals surface area (Å²) in [5.74, 6) is -1.36. The van der Waals surface area contributed by atoms with Crippen LogP contribution in [0.15, 0.2) is 61.0 Å². The number of rotatable bonds is 8. The second kappa shape index (κ2) is 10.8. The molecule has 0 saturated carbocycles. The number of phenols is 1. The van der Waals surface area contributed by atoms with Gasteiger partial charge in [0.1, 0.15) is 11.3 Å². The van der Waals surface area contributed by atoms with Gasteiger partial charge in [-0.25, -0.2) is 4.79 Å². The number of aromatic hydroxyl groups is 1. The van der Waals surface area contributed by atoms with Crippen LogP contribution in [0.25, 0.3) is 0 Å². The Hall–Kier alpha value is -3.28. The third-order valence-electron chi connectivity index (χ3n) is 4.64. The molecule has 0 fully saturated rings. The summed E-state index contributed by atoms with van der Waals surface area (Å²) in [4.78, 5) is 25.6. The minimum Gasteiger partial charge on any atom is -0.508 e. The predicted octanol–water partition coefficient (Wildman–Crippen LogP) is 5.22. The Morgan fingerprint density at radius 2 is 1.66 bits per heavy atom. The summed E-state index contributed by atoms with van der Waals surface area (Å²) >= 11 is 0. The number of nitrogens with one attached hydrogen (secondary N) is 2. The van der Waals surface area contributed by atoms with Gasteiger partial charge in [0.05, 0.1) is 6.61 Å². The van der Waals surface area contributed by atoms with Crippen LogP contribution in [0.2, 0.25) is 0 Å². The van der Waals surface area contributed by atoms with Crippen LogP contribution in [0.4, 0.5) is 5.69 Å². The molecule has 0 unspecified atom stereocenters. The van der Waals surface area contributed by atoms with Crippen molar-refractivity contribution in [2.45, 2.75) is 59.3 Å². The SMILES string of the molecule is C=C/C=C(\C=C)N/C=C(/C(=O)Nc1cc(O)c(C(C)(C)C)cc1C(C)(C)C)C(=O)OCC. The summed E-state index contributed by atoms with van der Waals surface area (Å²) in [7, 11) is 0. The van der Waals surface area contributed by atoms with Crippen molar-refractivity contribution in [2.75, 3.05) is 11.9 Å². The quantitative estimate of drug-likeness (QED) is 0.170. The molecule has 1 rings (SSSR count). The van der Waals surface area contributed by atoms with Crippen molar-refractivity contribution in [1.82, 2.24) is 5.32 Å². The van der Waals surface area contributed by atoms with Crippen molar-refractivity contribution in [2.24, 2.45) is 0 Å². The van der Waals surface area contributed by atoms with Crippen LogP contribution in [0.5, 0.6) is 5.75 Å². The van der Waals surface area contributed by atoms with Crippen LogP contribution >= 0.6 is 0 Å². The highest BCUT2D eigenvalue weighted by atomic mass is 16.5. The predicted molar refractivity (Wildman–Crippen MR) is 130 cm³/mol. The Balaban J connectivity index is 3.47. The van der Waals surface area contributed by atoms with Gasteiger partial charge in [0, 0.05) is 23.7 Å². The molecule has 0 heterocycles. The molecule has 6 nitrogen and oxygen atoms in total. The molecule has 0 spiro atoms. The summed E-state index contributed by atoms with van der Waals surface area (Å²) in [6.07, 6.45) is 5.99. The van der Waals surface area contributed by atoms with E-state index in [1.807, 2.05) is 47.6 Å². The maximum Gasteiger partial charge on any atom is 0.345 e. The van der Waals surface area contributed by atoms with E-state index in [1.165, 1.54) is 18.3 Å². The first-order valence-electron chi connectivity index (χ1n) is 10.5. The van der Waals surface area contributed by atoms with Gasteiger partial charge in [0.2, 0.25) is 0 Å². The second-order valence-corrected chi connectivity index (χ2v) is 9.35. The fourth-order valence-corrected chi connectivity index (χ4v) is 2.99. The van der Waals surface area contributed by atoms with Crippen molar-refractivity contribution in [3.05, 3.63) is 72.1 Å². The van der Waals surface area contributed by atoms with Crippen LogP contribution in [0.3, 0.4) is 0 Å². The number of hydrogen-bond acceptors (Lipinski definition) is 5. The molecule has 1 aromatic carbocycles. The molecule has 0 aliphatic rings. The van der Waals surface area contributed by atoms with Gasteiger partial charge in [0.25, 0.3) is 5.91 Å². The molecule has 0 atom stereocenters.